The molecule has 0 rings (SSSR count). The van der Waals surface area contributed by atoms with Gasteiger partial charge in [-0.25, -0.2) is 0 Å². The highest BCUT2D eigenvalue weighted by Gasteiger charge is 2.16. The Morgan fingerprint density at radius 1 is 0.343 bits per heavy atom. The second kappa shape index (κ2) is 57.2. The molecule has 0 unspecified atom stereocenters. The zero-order valence-corrected chi connectivity index (χ0v) is 47.4. The van der Waals surface area contributed by atoms with Crippen LogP contribution in [0.15, 0.2) is 72.9 Å². The molecule has 0 saturated carbocycles. The van der Waals surface area contributed by atoms with Gasteiger partial charge in [-0.2, -0.15) is 0 Å². The fourth-order valence-electron chi connectivity index (χ4n) is 8.72. The topological polar surface area (TPSA) is 55.9 Å². The summed E-state index contributed by atoms with van der Waals surface area (Å²) >= 11 is 0. The number of carbonyl (C=O) groups excluding carboxylic acids is 2. The summed E-state index contributed by atoms with van der Waals surface area (Å²) in [4.78, 5) is 33.5. The second-order valence-corrected chi connectivity index (χ2v) is 20.6. The molecule has 1 N–H and O–H groups in total. The highest BCUT2D eigenvalue weighted by atomic mass is 16.2. The normalized spacial score (nSPS) is 12.4. The van der Waals surface area contributed by atoms with Crippen LogP contribution < -0.4 is 5.32 Å². The number of hydrogen-bond acceptors (Lipinski definition) is 4. The Balaban J connectivity index is 4.71. The van der Waals surface area contributed by atoms with Gasteiger partial charge in [-0.05, 0) is 130 Å². The zero-order chi connectivity index (χ0) is 50.9. The van der Waals surface area contributed by atoms with Crippen LogP contribution in [0, 0.1) is 0 Å². The fraction of sp³-hybridized carbons (Fsp3) is 0.781. The van der Waals surface area contributed by atoms with E-state index in [1.807, 2.05) is 0 Å². The van der Waals surface area contributed by atoms with Gasteiger partial charge in [0.05, 0.1) is 0 Å². The van der Waals surface area contributed by atoms with Gasteiger partial charge in [0.1, 0.15) is 0 Å². The van der Waals surface area contributed by atoms with Crippen LogP contribution in [0.4, 0.5) is 0 Å². The minimum Gasteiger partial charge on any atom is -0.356 e. The maximum absolute atomic E-state index is 13.9. The Kier molecular flexibility index (Phi) is 55.0. The molecule has 0 aromatic heterocycles. The molecule has 0 aliphatic carbocycles. The number of unbranched alkanes of at least 4 members (excludes halogenated alkanes) is 27. The molecular weight excluding hydrogens is 857 g/mol. The summed E-state index contributed by atoms with van der Waals surface area (Å²) in [5, 5.41) is 3.19. The summed E-state index contributed by atoms with van der Waals surface area (Å²) < 4.78 is 0. The summed E-state index contributed by atoms with van der Waals surface area (Å²) in [5.41, 5.74) is 0. The van der Waals surface area contributed by atoms with E-state index in [1.165, 1.54) is 193 Å². The molecule has 0 atom stereocenters. The van der Waals surface area contributed by atoms with E-state index in [-0.39, 0.29) is 5.91 Å². The highest BCUT2D eigenvalue weighted by Crippen LogP contribution is 2.14. The van der Waals surface area contributed by atoms with E-state index < -0.39 is 0 Å². The minimum atomic E-state index is 0.139. The second-order valence-electron chi connectivity index (χ2n) is 20.6. The van der Waals surface area contributed by atoms with Crippen molar-refractivity contribution >= 4 is 11.8 Å². The third kappa shape index (κ3) is 53.1. The predicted molar refractivity (Wildman–Crippen MR) is 312 cm³/mol. The maximum Gasteiger partial charge on any atom is 0.223 e. The zero-order valence-electron chi connectivity index (χ0n) is 47.4. The quantitative estimate of drug-likeness (QED) is 0.0487. The molecule has 2 amide bonds. The molecule has 0 aromatic rings. The molecule has 0 aliphatic heterocycles. The van der Waals surface area contributed by atoms with Crippen LogP contribution in [0.3, 0.4) is 0 Å². The molecule has 6 nitrogen and oxygen atoms in total. The molecular formula is C64H118N4O2. The first kappa shape index (κ1) is 67.3. The van der Waals surface area contributed by atoms with Crippen LogP contribution in [0.5, 0.6) is 0 Å². The van der Waals surface area contributed by atoms with Gasteiger partial charge in [0.2, 0.25) is 11.8 Å². The minimum absolute atomic E-state index is 0.139. The summed E-state index contributed by atoms with van der Waals surface area (Å²) in [6.07, 6.45) is 73.5. The van der Waals surface area contributed by atoms with E-state index in [2.05, 4.69) is 128 Å². The van der Waals surface area contributed by atoms with Crippen LogP contribution in [0.25, 0.3) is 0 Å². The lowest BCUT2D eigenvalue weighted by Gasteiger charge is -2.27. The lowest BCUT2D eigenvalue weighted by atomic mass is 10.1. The van der Waals surface area contributed by atoms with E-state index >= 15 is 0 Å². The molecule has 0 heterocycles. The van der Waals surface area contributed by atoms with Crippen molar-refractivity contribution in [1.29, 1.82) is 0 Å². The molecule has 0 fully saturated rings. The number of amides is 2. The smallest absolute Gasteiger partial charge is 0.223 e. The largest absolute Gasteiger partial charge is 0.356 e. The van der Waals surface area contributed by atoms with Crippen LogP contribution in [0.2, 0.25) is 0 Å². The molecule has 0 bridgehead atoms. The van der Waals surface area contributed by atoms with Crippen molar-refractivity contribution in [3.63, 3.8) is 0 Å². The molecule has 406 valence electrons. The van der Waals surface area contributed by atoms with Crippen LogP contribution >= 0.6 is 0 Å². The van der Waals surface area contributed by atoms with Crippen LogP contribution in [0.1, 0.15) is 265 Å². The maximum atomic E-state index is 13.9. The highest BCUT2D eigenvalue weighted by molar-refractivity contribution is 5.76. The lowest BCUT2D eigenvalue weighted by molar-refractivity contribution is -0.131. The Morgan fingerprint density at radius 3 is 1.04 bits per heavy atom. The number of carbonyl (C=O) groups is 2. The molecule has 0 spiro atoms. The number of allylic oxidation sites excluding steroid dienone is 12. The van der Waals surface area contributed by atoms with Crippen molar-refractivity contribution < 1.29 is 9.59 Å². The predicted octanol–water partition coefficient (Wildman–Crippen LogP) is 18.0. The summed E-state index contributed by atoms with van der Waals surface area (Å²) in [6.45, 7) is 12.5. The average molecular weight is 976 g/mol. The first-order valence-electron chi connectivity index (χ1n) is 30.3. The monoisotopic (exact) mass is 975 g/mol. The standard InChI is InChI=1S/C64H118N4O2/c1-6-9-12-15-18-21-24-27-30-33-36-39-42-45-48-51-56-65-63(69)54-59-67(62-61-66(4)5)60-55-64(70)68(57-52-49-46-43-40-37-34-31-28-25-22-19-16-13-10-7-2)58-53-50-47-44-41-38-35-32-29-26-23-20-17-14-11-8-3/h18-23,27-32H,6-17,24-26,33-62H2,1-5H3,(H,65,69)/b21-18-,22-19-,23-20-,30-27-,31-28-,32-29-. The first-order chi connectivity index (χ1) is 34.4. The summed E-state index contributed by atoms with van der Waals surface area (Å²) in [6, 6.07) is 0. The van der Waals surface area contributed by atoms with Gasteiger partial charge in [-0.15, -0.1) is 0 Å². The van der Waals surface area contributed by atoms with Gasteiger partial charge in [-0.1, -0.05) is 209 Å². The number of rotatable bonds is 54. The fourth-order valence-corrected chi connectivity index (χ4v) is 8.72. The van der Waals surface area contributed by atoms with E-state index in [4.69, 9.17) is 0 Å². The Hall–Kier alpha value is -2.70. The molecule has 0 saturated heterocycles. The van der Waals surface area contributed by atoms with E-state index in [0.717, 1.165) is 77.8 Å². The van der Waals surface area contributed by atoms with Gasteiger partial charge in [0.15, 0.2) is 0 Å². The van der Waals surface area contributed by atoms with Gasteiger partial charge >= 0.3 is 0 Å². The molecule has 6 heteroatoms. The molecule has 0 aliphatic rings. The van der Waals surface area contributed by atoms with Crippen molar-refractivity contribution in [2.75, 3.05) is 59.9 Å². The van der Waals surface area contributed by atoms with Crippen molar-refractivity contribution in [3.05, 3.63) is 72.9 Å². The molecule has 0 aromatic carbocycles. The number of nitrogens with one attached hydrogen (secondary N) is 1. The Labute approximate surface area is 437 Å². The van der Waals surface area contributed by atoms with Gasteiger partial charge < -0.3 is 20.0 Å². The van der Waals surface area contributed by atoms with Gasteiger partial charge in [0.25, 0.3) is 0 Å². The van der Waals surface area contributed by atoms with Gasteiger partial charge in [-0.3, -0.25) is 9.59 Å². The van der Waals surface area contributed by atoms with E-state index in [9.17, 15) is 9.59 Å². The Bertz CT molecular complexity index is 1230. The van der Waals surface area contributed by atoms with E-state index in [0.29, 0.717) is 25.3 Å². The van der Waals surface area contributed by atoms with Gasteiger partial charge in [0, 0.05) is 58.7 Å². The number of likely N-dealkylation sites (N-methyl/N-ethyl adjacent to an activating group) is 1. The summed E-state index contributed by atoms with van der Waals surface area (Å²) in [7, 11) is 4.20. The van der Waals surface area contributed by atoms with E-state index in [1.54, 1.807) is 0 Å². The number of nitrogens with zero attached hydrogens (tertiary/aromatic N) is 3. The first-order valence-corrected chi connectivity index (χ1v) is 30.3. The summed E-state index contributed by atoms with van der Waals surface area (Å²) in [5.74, 6) is 0.432. The number of hydrogen-bond donors (Lipinski definition) is 1. The van der Waals surface area contributed by atoms with Crippen molar-refractivity contribution in [2.24, 2.45) is 0 Å². The van der Waals surface area contributed by atoms with Crippen molar-refractivity contribution in [2.45, 2.75) is 265 Å². The van der Waals surface area contributed by atoms with Crippen molar-refractivity contribution in [3.8, 4) is 0 Å². The SMILES string of the molecule is CCCCC/C=C\C/C=C\CCCCCCCCNC(=O)CCN(CCC(=O)N(CCCCCCCC/C=C\C/C=C\CCCCC)CCCCCCCC/C=C\C/C=C\CCCCC)CCN(C)C. The third-order valence-electron chi connectivity index (χ3n) is 13.5. The molecule has 70 heavy (non-hydrogen) atoms. The average Bonchev–Trinajstić information content (AvgIpc) is 3.35. The molecule has 0 radical (unpaired) electrons. The van der Waals surface area contributed by atoms with Crippen LogP contribution in [-0.2, 0) is 9.59 Å². The third-order valence-corrected chi connectivity index (χ3v) is 13.5. The lowest BCUT2D eigenvalue weighted by Crippen LogP contribution is -2.39. The van der Waals surface area contributed by atoms with Crippen molar-refractivity contribution in [1.82, 2.24) is 20.0 Å². The van der Waals surface area contributed by atoms with Crippen LogP contribution in [-0.4, -0.2) is 86.4 Å². The Morgan fingerprint density at radius 2 is 0.671 bits per heavy atom.